The second-order valence-electron chi connectivity index (χ2n) is 4.39. The highest BCUT2D eigenvalue weighted by molar-refractivity contribution is 8.00. The van der Waals surface area contributed by atoms with Gasteiger partial charge < -0.3 is 5.73 Å². The van der Waals surface area contributed by atoms with E-state index in [2.05, 4.69) is 0 Å². The van der Waals surface area contributed by atoms with Gasteiger partial charge in [-0.3, -0.25) is 0 Å². The molecule has 1 fully saturated rings. The summed E-state index contributed by atoms with van der Waals surface area (Å²) in [5.41, 5.74) is 5.96. The zero-order chi connectivity index (χ0) is 11.3. The van der Waals surface area contributed by atoms with Crippen molar-refractivity contribution in [1.82, 2.24) is 0 Å². The van der Waals surface area contributed by atoms with E-state index in [0.717, 1.165) is 17.9 Å². The van der Waals surface area contributed by atoms with Crippen LogP contribution in [-0.4, -0.2) is 38.0 Å². The molecule has 2 atom stereocenters. The molecule has 0 saturated heterocycles. The van der Waals surface area contributed by atoms with Gasteiger partial charge in [0, 0.05) is 18.1 Å². The van der Waals surface area contributed by atoms with Crippen LogP contribution in [0.15, 0.2) is 0 Å². The van der Waals surface area contributed by atoms with E-state index >= 15 is 0 Å². The third-order valence-electron chi connectivity index (χ3n) is 2.95. The summed E-state index contributed by atoms with van der Waals surface area (Å²) in [4.78, 5) is 0. The molecule has 3 nitrogen and oxygen atoms in total. The Labute approximate surface area is 97.1 Å². The van der Waals surface area contributed by atoms with E-state index in [1.165, 1.54) is 25.5 Å². The number of hydrogen-bond acceptors (Lipinski definition) is 4. The molecular formula is C10H21NO2S2. The average Bonchev–Trinajstić information content (AvgIpc) is 2.49. The third-order valence-corrected chi connectivity index (χ3v) is 5.17. The lowest BCUT2D eigenvalue weighted by atomic mass is 10.0. The first kappa shape index (κ1) is 13.3. The highest BCUT2D eigenvalue weighted by Crippen LogP contribution is 2.27. The topological polar surface area (TPSA) is 60.2 Å². The maximum Gasteiger partial charge on any atom is 0.148 e. The van der Waals surface area contributed by atoms with Crippen LogP contribution in [0.25, 0.3) is 0 Å². The van der Waals surface area contributed by atoms with Crippen LogP contribution in [0.1, 0.15) is 25.7 Å². The van der Waals surface area contributed by atoms with Gasteiger partial charge in [0.2, 0.25) is 0 Å². The van der Waals surface area contributed by atoms with E-state index in [1.807, 2.05) is 0 Å². The molecule has 0 heterocycles. The summed E-state index contributed by atoms with van der Waals surface area (Å²) in [6.07, 6.45) is 6.13. The molecule has 2 N–H and O–H groups in total. The van der Waals surface area contributed by atoms with Crippen LogP contribution in [0.2, 0.25) is 0 Å². The van der Waals surface area contributed by atoms with Crippen LogP contribution in [0, 0.1) is 5.92 Å². The second kappa shape index (κ2) is 6.11. The number of hydrogen-bond donors (Lipinski definition) is 1. The average molecular weight is 251 g/mol. The van der Waals surface area contributed by atoms with Gasteiger partial charge in [-0.1, -0.05) is 6.42 Å². The summed E-state index contributed by atoms with van der Waals surface area (Å²) < 4.78 is 21.7. The Hall–Kier alpha value is 0.260. The molecule has 0 aromatic rings. The molecule has 5 heteroatoms. The predicted molar refractivity (Wildman–Crippen MR) is 67.0 cm³/mol. The van der Waals surface area contributed by atoms with Crippen molar-refractivity contribution in [1.29, 1.82) is 0 Å². The zero-order valence-corrected chi connectivity index (χ0v) is 10.9. The fourth-order valence-electron chi connectivity index (χ4n) is 1.97. The first-order valence-corrected chi connectivity index (χ1v) is 8.71. The molecular weight excluding hydrogens is 230 g/mol. The smallest absolute Gasteiger partial charge is 0.148 e. The number of sulfone groups is 1. The van der Waals surface area contributed by atoms with E-state index in [1.54, 1.807) is 11.8 Å². The molecule has 2 unspecified atom stereocenters. The van der Waals surface area contributed by atoms with Gasteiger partial charge in [-0.25, -0.2) is 8.42 Å². The minimum Gasteiger partial charge on any atom is -0.327 e. The molecule has 0 bridgehead atoms. The molecule has 15 heavy (non-hydrogen) atoms. The van der Waals surface area contributed by atoms with Crippen molar-refractivity contribution in [3.05, 3.63) is 0 Å². The van der Waals surface area contributed by atoms with Crippen LogP contribution < -0.4 is 5.73 Å². The zero-order valence-electron chi connectivity index (χ0n) is 9.31. The molecule has 1 saturated carbocycles. The van der Waals surface area contributed by atoms with Crippen molar-refractivity contribution >= 4 is 21.6 Å². The van der Waals surface area contributed by atoms with Crippen molar-refractivity contribution < 1.29 is 8.42 Å². The Morgan fingerprint density at radius 2 is 2.07 bits per heavy atom. The van der Waals surface area contributed by atoms with Gasteiger partial charge in [-0.15, -0.1) is 0 Å². The van der Waals surface area contributed by atoms with E-state index in [0.29, 0.717) is 17.7 Å². The summed E-state index contributed by atoms with van der Waals surface area (Å²) >= 11 is 1.73. The Kier molecular flexibility index (Phi) is 5.43. The Morgan fingerprint density at radius 1 is 1.33 bits per heavy atom. The minimum absolute atomic E-state index is 0.300. The summed E-state index contributed by atoms with van der Waals surface area (Å²) in [6.45, 7) is 0. The van der Waals surface area contributed by atoms with Crippen LogP contribution >= 0.6 is 11.8 Å². The van der Waals surface area contributed by atoms with Crippen molar-refractivity contribution in [2.75, 3.05) is 23.5 Å². The SMILES string of the molecule is CS(=O)(=O)CCSCCC1CCCC1N. The van der Waals surface area contributed by atoms with E-state index in [-0.39, 0.29) is 0 Å². The first-order valence-electron chi connectivity index (χ1n) is 5.50. The Balaban J connectivity index is 2.02. The number of rotatable bonds is 6. The fraction of sp³-hybridized carbons (Fsp3) is 1.00. The largest absolute Gasteiger partial charge is 0.327 e. The van der Waals surface area contributed by atoms with Gasteiger partial charge in [0.05, 0.1) is 5.75 Å². The molecule has 1 aliphatic rings. The minimum atomic E-state index is -2.78. The maximum atomic E-state index is 10.9. The maximum absolute atomic E-state index is 10.9. The van der Waals surface area contributed by atoms with Crippen molar-refractivity contribution in [2.24, 2.45) is 11.7 Å². The molecule has 0 aliphatic heterocycles. The Bertz CT molecular complexity index is 277. The summed E-state index contributed by atoms with van der Waals surface area (Å²) in [6, 6.07) is 0.389. The van der Waals surface area contributed by atoms with Crippen LogP contribution in [0.3, 0.4) is 0 Å². The normalized spacial score (nSPS) is 27.1. The van der Waals surface area contributed by atoms with Crippen LogP contribution in [-0.2, 0) is 9.84 Å². The quantitative estimate of drug-likeness (QED) is 0.723. The van der Waals surface area contributed by atoms with Crippen LogP contribution in [0.4, 0.5) is 0 Å². The monoisotopic (exact) mass is 251 g/mol. The molecule has 0 amide bonds. The van der Waals surface area contributed by atoms with Gasteiger partial charge in [0.1, 0.15) is 9.84 Å². The predicted octanol–water partition coefficient (Wildman–Crippen LogP) is 1.28. The molecule has 0 aromatic heterocycles. The highest BCUT2D eigenvalue weighted by atomic mass is 32.2. The molecule has 90 valence electrons. The second-order valence-corrected chi connectivity index (χ2v) is 7.87. The van der Waals surface area contributed by atoms with Gasteiger partial charge >= 0.3 is 0 Å². The molecule has 0 spiro atoms. The van der Waals surface area contributed by atoms with Crippen molar-refractivity contribution in [3.8, 4) is 0 Å². The summed E-state index contributed by atoms with van der Waals surface area (Å²) in [7, 11) is -2.78. The number of thioether (sulfide) groups is 1. The lowest BCUT2D eigenvalue weighted by Crippen LogP contribution is -2.24. The van der Waals surface area contributed by atoms with Crippen molar-refractivity contribution in [2.45, 2.75) is 31.7 Å². The van der Waals surface area contributed by atoms with E-state index in [4.69, 9.17) is 5.73 Å². The standard InChI is InChI=1S/C10H21NO2S2/c1-15(12,13)8-7-14-6-5-9-3-2-4-10(9)11/h9-10H,2-8,11H2,1H3. The molecule has 1 rings (SSSR count). The molecule has 1 aliphatic carbocycles. The van der Waals surface area contributed by atoms with Gasteiger partial charge in [-0.05, 0) is 30.9 Å². The van der Waals surface area contributed by atoms with E-state index in [9.17, 15) is 8.42 Å². The third kappa shape index (κ3) is 5.78. The number of nitrogens with two attached hydrogens (primary N) is 1. The van der Waals surface area contributed by atoms with E-state index < -0.39 is 9.84 Å². The Morgan fingerprint density at radius 3 is 2.60 bits per heavy atom. The van der Waals surface area contributed by atoms with Crippen molar-refractivity contribution in [3.63, 3.8) is 0 Å². The molecule has 0 aromatic carbocycles. The van der Waals surface area contributed by atoms with Gasteiger partial charge in [0.15, 0.2) is 0 Å². The van der Waals surface area contributed by atoms with Gasteiger partial charge in [-0.2, -0.15) is 11.8 Å². The van der Waals surface area contributed by atoms with Crippen LogP contribution in [0.5, 0.6) is 0 Å². The first-order chi connectivity index (χ1) is 6.99. The highest BCUT2D eigenvalue weighted by Gasteiger charge is 2.22. The van der Waals surface area contributed by atoms with Gasteiger partial charge in [0.25, 0.3) is 0 Å². The lowest BCUT2D eigenvalue weighted by molar-refractivity contribution is 0.470. The molecule has 0 radical (unpaired) electrons. The fourth-order valence-corrected chi connectivity index (χ4v) is 4.33. The lowest BCUT2D eigenvalue weighted by Gasteiger charge is -2.14. The summed E-state index contributed by atoms with van der Waals surface area (Å²) in [5, 5.41) is 0. The summed E-state index contributed by atoms with van der Waals surface area (Å²) in [5.74, 6) is 2.75.